The van der Waals surface area contributed by atoms with Gasteiger partial charge in [0.1, 0.15) is 23.0 Å². The minimum absolute atomic E-state index is 0.0273. The predicted molar refractivity (Wildman–Crippen MR) is 147 cm³/mol. The number of amides is 1. The molecule has 4 rings (SSSR count). The van der Waals surface area contributed by atoms with Gasteiger partial charge in [0, 0.05) is 16.8 Å². The normalized spacial score (nSPS) is 17.1. The first kappa shape index (κ1) is 27.1. The molecule has 0 saturated carbocycles. The van der Waals surface area contributed by atoms with Gasteiger partial charge in [-0.05, 0) is 66.4 Å². The summed E-state index contributed by atoms with van der Waals surface area (Å²) >= 11 is 6.35. The zero-order valence-corrected chi connectivity index (χ0v) is 22.7. The Bertz CT molecular complexity index is 1420. The summed E-state index contributed by atoms with van der Waals surface area (Å²) in [6, 6.07) is 15.1. The lowest BCUT2D eigenvalue weighted by atomic mass is 9.84. The number of anilines is 1. The molecule has 1 aliphatic heterocycles. The van der Waals surface area contributed by atoms with Gasteiger partial charge in [0.05, 0.1) is 30.4 Å². The second kappa shape index (κ2) is 10.4. The number of ketones is 1. The summed E-state index contributed by atoms with van der Waals surface area (Å²) in [5.74, 6) is -0.833. The fraction of sp³-hybridized carbons (Fsp3) is 0.267. The van der Waals surface area contributed by atoms with Gasteiger partial charge in [-0.3, -0.25) is 14.5 Å². The Kier molecular flexibility index (Phi) is 7.42. The Morgan fingerprint density at radius 2 is 1.66 bits per heavy atom. The summed E-state index contributed by atoms with van der Waals surface area (Å²) in [5.41, 5.74) is 1.73. The van der Waals surface area contributed by atoms with Crippen LogP contribution in [0.3, 0.4) is 0 Å². The van der Waals surface area contributed by atoms with Crippen LogP contribution in [0, 0.1) is 0 Å². The average molecular weight is 536 g/mol. The molecule has 7 nitrogen and oxygen atoms in total. The number of carbonyl (C=O) groups is 2. The van der Waals surface area contributed by atoms with Crippen LogP contribution in [0.25, 0.3) is 5.76 Å². The number of aliphatic hydroxyl groups excluding tert-OH is 1. The highest BCUT2D eigenvalue weighted by molar-refractivity contribution is 6.51. The Morgan fingerprint density at radius 1 is 1.00 bits per heavy atom. The lowest BCUT2D eigenvalue weighted by Gasteiger charge is -2.26. The average Bonchev–Trinajstić information content (AvgIpc) is 3.14. The van der Waals surface area contributed by atoms with E-state index in [-0.39, 0.29) is 27.5 Å². The van der Waals surface area contributed by atoms with E-state index in [1.807, 2.05) is 27.7 Å². The molecule has 1 aliphatic rings. The van der Waals surface area contributed by atoms with Crippen molar-refractivity contribution in [2.24, 2.45) is 0 Å². The van der Waals surface area contributed by atoms with E-state index in [0.29, 0.717) is 34.9 Å². The Labute approximate surface area is 226 Å². The Balaban J connectivity index is 1.94. The van der Waals surface area contributed by atoms with Gasteiger partial charge in [0.15, 0.2) is 0 Å². The first-order chi connectivity index (χ1) is 18.0. The molecule has 2 N–H and O–H groups in total. The first-order valence-electron chi connectivity index (χ1n) is 12.2. The molecule has 1 saturated heterocycles. The number of aliphatic hydroxyl groups is 1. The van der Waals surface area contributed by atoms with Crippen LogP contribution in [-0.2, 0) is 15.0 Å². The van der Waals surface area contributed by atoms with E-state index < -0.39 is 17.7 Å². The van der Waals surface area contributed by atoms with Crippen LogP contribution in [0.15, 0.2) is 66.2 Å². The van der Waals surface area contributed by atoms with Crippen LogP contribution in [0.5, 0.6) is 17.2 Å². The number of aromatic hydroxyl groups is 1. The molecule has 3 aromatic rings. The topological polar surface area (TPSA) is 96.3 Å². The number of benzene rings is 3. The molecule has 1 atom stereocenters. The number of phenols is 1. The predicted octanol–water partition coefficient (Wildman–Crippen LogP) is 6.38. The first-order valence-corrected chi connectivity index (χ1v) is 12.6. The van der Waals surface area contributed by atoms with Crippen LogP contribution in [0.2, 0.25) is 5.02 Å². The number of phenolic OH excluding ortho intramolecular Hbond substituents is 1. The smallest absolute Gasteiger partial charge is 0.300 e. The van der Waals surface area contributed by atoms with Crippen LogP contribution < -0.4 is 14.4 Å². The maximum Gasteiger partial charge on any atom is 0.300 e. The number of ether oxygens (including phenoxy) is 2. The number of methoxy groups -OCH3 is 1. The lowest BCUT2D eigenvalue weighted by molar-refractivity contribution is -0.132. The van der Waals surface area contributed by atoms with Gasteiger partial charge >= 0.3 is 0 Å². The van der Waals surface area contributed by atoms with Gasteiger partial charge in [-0.25, -0.2) is 0 Å². The number of hydrogen-bond donors (Lipinski definition) is 2. The number of carbonyl (C=O) groups excluding carboxylic acids is 2. The van der Waals surface area contributed by atoms with Crippen LogP contribution in [0.1, 0.15) is 50.4 Å². The summed E-state index contributed by atoms with van der Waals surface area (Å²) in [7, 11) is 1.48. The zero-order chi connectivity index (χ0) is 27.8. The number of hydrogen-bond acceptors (Lipinski definition) is 6. The van der Waals surface area contributed by atoms with Crippen LogP contribution >= 0.6 is 11.6 Å². The minimum Gasteiger partial charge on any atom is -0.508 e. The van der Waals surface area contributed by atoms with E-state index >= 15 is 0 Å². The molecule has 0 aliphatic carbocycles. The van der Waals surface area contributed by atoms with Crippen molar-refractivity contribution in [1.82, 2.24) is 0 Å². The van der Waals surface area contributed by atoms with E-state index in [0.717, 1.165) is 5.56 Å². The molecule has 198 valence electrons. The molecule has 3 aromatic carbocycles. The summed E-state index contributed by atoms with van der Waals surface area (Å²) in [4.78, 5) is 28.2. The van der Waals surface area contributed by atoms with Gasteiger partial charge in [0.25, 0.3) is 11.7 Å². The molecule has 38 heavy (non-hydrogen) atoms. The molecule has 0 radical (unpaired) electrons. The Morgan fingerprint density at radius 3 is 2.24 bits per heavy atom. The van der Waals surface area contributed by atoms with Crippen molar-refractivity contribution in [3.63, 3.8) is 0 Å². The standard InChI is InChI=1S/C30H30ClNO6/c1-6-38-23-13-9-18(15-21(23)30(2,3)4)27(34)25-26(17-7-11-20(33)12-8-17)32(29(36)28(25)35)19-10-14-24(37-5)22(31)16-19/h7-16,26,33-34H,6H2,1-5H3/b27-25-. The number of halogens is 1. The van der Waals surface area contributed by atoms with E-state index in [9.17, 15) is 19.8 Å². The molecular formula is C30H30ClNO6. The van der Waals surface area contributed by atoms with Crippen LogP contribution in [-0.4, -0.2) is 35.6 Å². The zero-order valence-electron chi connectivity index (χ0n) is 21.9. The van der Waals surface area contributed by atoms with E-state index in [4.69, 9.17) is 21.1 Å². The quantitative estimate of drug-likeness (QED) is 0.216. The summed E-state index contributed by atoms with van der Waals surface area (Å²) < 4.78 is 11.0. The monoisotopic (exact) mass is 535 g/mol. The van der Waals surface area contributed by atoms with E-state index in [2.05, 4.69) is 0 Å². The van der Waals surface area contributed by atoms with Crippen molar-refractivity contribution in [3.05, 3.63) is 87.9 Å². The molecule has 8 heteroatoms. The molecule has 1 unspecified atom stereocenters. The van der Waals surface area contributed by atoms with Gasteiger partial charge in [-0.1, -0.05) is 44.5 Å². The van der Waals surface area contributed by atoms with Crippen LogP contribution in [0.4, 0.5) is 5.69 Å². The van der Waals surface area contributed by atoms with Crippen molar-refractivity contribution < 1.29 is 29.3 Å². The van der Waals surface area contributed by atoms with Crippen molar-refractivity contribution in [3.8, 4) is 17.2 Å². The van der Waals surface area contributed by atoms with Gasteiger partial charge in [0.2, 0.25) is 0 Å². The molecule has 0 bridgehead atoms. The minimum atomic E-state index is -0.968. The summed E-state index contributed by atoms with van der Waals surface area (Å²) in [6.07, 6.45) is 0. The summed E-state index contributed by atoms with van der Waals surface area (Å²) in [5, 5.41) is 21.7. The maximum absolute atomic E-state index is 13.5. The number of nitrogens with zero attached hydrogens (tertiary/aromatic N) is 1. The highest BCUT2D eigenvalue weighted by atomic mass is 35.5. The maximum atomic E-state index is 13.5. The molecule has 1 fully saturated rings. The van der Waals surface area contributed by atoms with Crippen molar-refractivity contribution in [2.75, 3.05) is 18.6 Å². The molecular weight excluding hydrogens is 506 g/mol. The molecule has 1 amide bonds. The molecule has 0 aromatic heterocycles. The fourth-order valence-corrected chi connectivity index (χ4v) is 4.83. The fourth-order valence-electron chi connectivity index (χ4n) is 4.58. The molecule has 1 heterocycles. The SMILES string of the molecule is CCOc1ccc(/C(O)=C2/C(=O)C(=O)N(c3ccc(OC)c(Cl)c3)C2c2ccc(O)cc2)cc1C(C)(C)C. The number of rotatable bonds is 6. The Hall–Kier alpha value is -3.97. The third kappa shape index (κ3) is 4.94. The van der Waals surface area contributed by atoms with Gasteiger partial charge in [-0.15, -0.1) is 0 Å². The molecule has 0 spiro atoms. The van der Waals surface area contributed by atoms with Crippen molar-refractivity contribution >= 4 is 34.7 Å². The second-order valence-corrected chi connectivity index (χ2v) is 10.4. The van der Waals surface area contributed by atoms with Crippen molar-refractivity contribution in [2.45, 2.75) is 39.2 Å². The lowest BCUT2D eigenvalue weighted by Crippen LogP contribution is -2.29. The third-order valence-electron chi connectivity index (χ3n) is 6.43. The number of Topliss-reactive ketones (excluding diaryl/α,β-unsaturated/α-hetero) is 1. The third-order valence-corrected chi connectivity index (χ3v) is 6.72. The van der Waals surface area contributed by atoms with Gasteiger partial charge < -0.3 is 19.7 Å². The van der Waals surface area contributed by atoms with Gasteiger partial charge in [-0.2, -0.15) is 0 Å². The second-order valence-electron chi connectivity index (χ2n) is 9.97. The largest absolute Gasteiger partial charge is 0.508 e. The highest BCUT2D eigenvalue weighted by Gasteiger charge is 2.47. The van der Waals surface area contributed by atoms with Crippen molar-refractivity contribution in [1.29, 1.82) is 0 Å². The van der Waals surface area contributed by atoms with E-state index in [1.54, 1.807) is 42.5 Å². The summed E-state index contributed by atoms with van der Waals surface area (Å²) in [6.45, 7) is 8.45. The van der Waals surface area contributed by atoms with E-state index in [1.165, 1.54) is 30.2 Å². The highest BCUT2D eigenvalue weighted by Crippen LogP contribution is 2.44.